The number of benzene rings is 2. The van der Waals surface area contributed by atoms with Crippen molar-refractivity contribution in [3.63, 3.8) is 0 Å². The molecule has 1 N–H and O–H groups in total. The number of nitrogens with one attached hydrogen (secondary N) is 1. The zero-order valence-electron chi connectivity index (χ0n) is 15.3. The van der Waals surface area contributed by atoms with Crippen LogP contribution in [0.25, 0.3) is 11.1 Å². The van der Waals surface area contributed by atoms with Crippen molar-refractivity contribution < 1.29 is 19.1 Å². The molecule has 2 aromatic carbocycles. The zero-order chi connectivity index (χ0) is 19.6. The highest BCUT2D eigenvalue weighted by molar-refractivity contribution is 5.98. The molecule has 140 valence electrons. The lowest BCUT2D eigenvalue weighted by molar-refractivity contribution is -0.154. The van der Waals surface area contributed by atoms with E-state index in [9.17, 15) is 14.4 Å². The molecule has 0 bridgehead atoms. The molecule has 1 amide bonds. The summed E-state index contributed by atoms with van der Waals surface area (Å²) in [5, 5.41) is 2.55. The van der Waals surface area contributed by atoms with Crippen molar-refractivity contribution in [1.82, 2.24) is 5.32 Å². The number of hydrogen-bond acceptors (Lipinski definition) is 4. The Kier molecular flexibility index (Phi) is 7.49. The maximum atomic E-state index is 12.3. The van der Waals surface area contributed by atoms with Gasteiger partial charge in [-0.05, 0) is 18.1 Å². The quantitative estimate of drug-likeness (QED) is 0.419. The van der Waals surface area contributed by atoms with Crippen molar-refractivity contribution >= 4 is 17.7 Å². The van der Waals surface area contributed by atoms with Gasteiger partial charge in [0, 0.05) is 18.5 Å². The third-order valence-corrected chi connectivity index (χ3v) is 3.97. The molecule has 0 saturated heterocycles. The molecular weight excluding hydrogens is 342 g/mol. The van der Waals surface area contributed by atoms with Crippen molar-refractivity contribution in [3.05, 3.63) is 72.8 Å². The van der Waals surface area contributed by atoms with E-state index >= 15 is 0 Å². The molecule has 0 spiro atoms. The molecule has 0 aliphatic rings. The zero-order valence-corrected chi connectivity index (χ0v) is 15.3. The van der Waals surface area contributed by atoms with E-state index in [1.807, 2.05) is 42.5 Å². The van der Waals surface area contributed by atoms with Gasteiger partial charge in [0.1, 0.15) is 0 Å². The summed E-state index contributed by atoms with van der Waals surface area (Å²) < 4.78 is 5.03. The molecule has 0 saturated carbocycles. The van der Waals surface area contributed by atoms with Gasteiger partial charge in [-0.15, -0.1) is 6.58 Å². The fourth-order valence-electron chi connectivity index (χ4n) is 2.47. The van der Waals surface area contributed by atoms with E-state index in [0.717, 1.165) is 11.1 Å². The molecule has 0 aliphatic carbocycles. The second-order valence-corrected chi connectivity index (χ2v) is 6.03. The normalized spacial score (nSPS) is 11.3. The number of carbonyl (C=O) groups excluding carboxylic acids is 3. The molecule has 0 radical (unpaired) electrons. The predicted molar refractivity (Wildman–Crippen MR) is 104 cm³/mol. The average molecular weight is 365 g/mol. The van der Waals surface area contributed by atoms with E-state index in [2.05, 4.69) is 11.9 Å². The van der Waals surface area contributed by atoms with Crippen molar-refractivity contribution in [2.24, 2.45) is 0 Å². The van der Waals surface area contributed by atoms with Gasteiger partial charge >= 0.3 is 5.97 Å². The fraction of sp³-hybridized carbons (Fsp3) is 0.227. The smallest absolute Gasteiger partial charge is 0.307 e. The molecule has 27 heavy (non-hydrogen) atoms. The molecule has 1 atom stereocenters. The van der Waals surface area contributed by atoms with Crippen molar-refractivity contribution in [3.8, 4) is 11.1 Å². The second-order valence-electron chi connectivity index (χ2n) is 6.03. The minimum Gasteiger partial charge on any atom is -0.453 e. The summed E-state index contributed by atoms with van der Waals surface area (Å²) in [5.74, 6) is -1.12. The highest BCUT2D eigenvalue weighted by atomic mass is 16.5. The highest BCUT2D eigenvalue weighted by Crippen LogP contribution is 2.20. The van der Waals surface area contributed by atoms with Crippen molar-refractivity contribution in [2.45, 2.75) is 25.9 Å². The van der Waals surface area contributed by atoms with Crippen LogP contribution >= 0.6 is 0 Å². The van der Waals surface area contributed by atoms with Crippen LogP contribution < -0.4 is 5.32 Å². The van der Waals surface area contributed by atoms with Gasteiger partial charge in [-0.2, -0.15) is 0 Å². The van der Waals surface area contributed by atoms with E-state index in [1.54, 1.807) is 12.1 Å². The molecule has 0 unspecified atom stereocenters. The number of ether oxygens (including phenoxy) is 1. The monoisotopic (exact) mass is 365 g/mol. The third-order valence-electron chi connectivity index (χ3n) is 3.97. The summed E-state index contributed by atoms with van der Waals surface area (Å²) in [7, 11) is 0. The Hall–Kier alpha value is -3.21. The van der Waals surface area contributed by atoms with Crippen LogP contribution in [-0.4, -0.2) is 30.3 Å². The fourth-order valence-corrected chi connectivity index (χ4v) is 2.47. The third kappa shape index (κ3) is 6.22. The molecule has 2 rings (SSSR count). The van der Waals surface area contributed by atoms with Crippen LogP contribution in [0.4, 0.5) is 0 Å². The first kappa shape index (κ1) is 20.1. The summed E-state index contributed by atoms with van der Waals surface area (Å²) in [6.07, 6.45) is 0.592. The summed E-state index contributed by atoms with van der Waals surface area (Å²) in [6.45, 7) is 5.28. The highest BCUT2D eigenvalue weighted by Gasteiger charge is 2.18. The maximum Gasteiger partial charge on any atom is 0.307 e. The molecular formula is C22H23NO4. The van der Waals surface area contributed by atoms with Crippen LogP contribution in [0.3, 0.4) is 0 Å². The van der Waals surface area contributed by atoms with Gasteiger partial charge in [0.2, 0.25) is 0 Å². The standard InChI is InChI=1S/C22H23NO4/c1-3-15-23-22(26)16(2)27-21(25)14-13-20(24)19-11-9-18(10-12-19)17-7-5-4-6-8-17/h3-12,16H,1,13-15H2,2H3,(H,23,26)/t16-/m1/s1. The minimum absolute atomic E-state index is 0.0323. The van der Waals surface area contributed by atoms with Gasteiger partial charge in [-0.1, -0.05) is 60.7 Å². The lowest BCUT2D eigenvalue weighted by Gasteiger charge is -2.12. The molecule has 0 aliphatic heterocycles. The van der Waals surface area contributed by atoms with E-state index in [0.29, 0.717) is 12.1 Å². The van der Waals surface area contributed by atoms with E-state index < -0.39 is 18.0 Å². The number of hydrogen-bond donors (Lipinski definition) is 1. The Bertz CT molecular complexity index is 797. The largest absolute Gasteiger partial charge is 0.453 e. The second kappa shape index (κ2) is 10.1. The SMILES string of the molecule is C=CCNC(=O)[C@@H](C)OC(=O)CCC(=O)c1ccc(-c2ccccc2)cc1. The van der Waals surface area contributed by atoms with Crippen molar-refractivity contribution in [1.29, 1.82) is 0 Å². The average Bonchev–Trinajstić information content (AvgIpc) is 2.70. The van der Waals surface area contributed by atoms with E-state index in [-0.39, 0.29) is 18.6 Å². The van der Waals surface area contributed by atoms with Gasteiger partial charge in [0.05, 0.1) is 6.42 Å². The molecule has 5 nitrogen and oxygen atoms in total. The van der Waals surface area contributed by atoms with E-state index in [4.69, 9.17) is 4.74 Å². The van der Waals surface area contributed by atoms with Crippen LogP contribution in [0.1, 0.15) is 30.1 Å². The first-order valence-electron chi connectivity index (χ1n) is 8.78. The topological polar surface area (TPSA) is 72.5 Å². The van der Waals surface area contributed by atoms with Crippen LogP contribution in [0.2, 0.25) is 0 Å². The summed E-state index contributed by atoms with van der Waals surface area (Å²) in [5.41, 5.74) is 2.63. The summed E-state index contributed by atoms with van der Waals surface area (Å²) in [6, 6.07) is 17.1. The van der Waals surface area contributed by atoms with Crippen LogP contribution in [0.5, 0.6) is 0 Å². The Balaban J connectivity index is 1.83. The number of rotatable bonds is 9. The van der Waals surface area contributed by atoms with Crippen molar-refractivity contribution in [2.75, 3.05) is 6.54 Å². The molecule has 5 heteroatoms. The van der Waals surface area contributed by atoms with Gasteiger partial charge in [-0.3, -0.25) is 14.4 Å². The lowest BCUT2D eigenvalue weighted by atomic mass is 10.0. The van der Waals surface area contributed by atoms with Gasteiger partial charge < -0.3 is 10.1 Å². The number of amides is 1. The number of carbonyl (C=O) groups is 3. The molecule has 0 fully saturated rings. The molecule has 2 aromatic rings. The Morgan fingerprint density at radius 2 is 1.63 bits per heavy atom. The van der Waals surface area contributed by atoms with Gasteiger partial charge in [-0.25, -0.2) is 0 Å². The van der Waals surface area contributed by atoms with E-state index in [1.165, 1.54) is 13.0 Å². The summed E-state index contributed by atoms with van der Waals surface area (Å²) >= 11 is 0. The first-order valence-corrected chi connectivity index (χ1v) is 8.78. The molecule has 0 heterocycles. The first-order chi connectivity index (χ1) is 13.0. The Morgan fingerprint density at radius 1 is 1.00 bits per heavy atom. The number of ketones is 1. The van der Waals surface area contributed by atoms with Crippen LogP contribution in [0.15, 0.2) is 67.3 Å². The number of esters is 1. The van der Waals surface area contributed by atoms with Crippen LogP contribution in [0, 0.1) is 0 Å². The minimum atomic E-state index is -0.905. The Morgan fingerprint density at radius 3 is 2.26 bits per heavy atom. The van der Waals surface area contributed by atoms with Gasteiger partial charge in [0.15, 0.2) is 11.9 Å². The lowest BCUT2D eigenvalue weighted by Crippen LogP contribution is -2.35. The number of Topliss-reactive ketones (excluding diaryl/α,β-unsaturated/α-hetero) is 1. The van der Waals surface area contributed by atoms with Crippen LogP contribution in [-0.2, 0) is 14.3 Å². The van der Waals surface area contributed by atoms with Gasteiger partial charge in [0.25, 0.3) is 5.91 Å². The Labute approximate surface area is 159 Å². The predicted octanol–water partition coefficient (Wildman–Crippen LogP) is 3.55. The summed E-state index contributed by atoms with van der Waals surface area (Å²) in [4.78, 5) is 35.7. The molecule has 0 aromatic heterocycles. The maximum absolute atomic E-state index is 12.3.